The summed E-state index contributed by atoms with van der Waals surface area (Å²) in [6.45, 7) is 3.22. The van der Waals surface area contributed by atoms with Gasteiger partial charge in [0.15, 0.2) is 0 Å². The first kappa shape index (κ1) is 20.9. The number of nitrogens with one attached hydrogen (secondary N) is 1. The maximum Gasteiger partial charge on any atom is 0.224 e. The van der Waals surface area contributed by atoms with E-state index < -0.39 is 17.5 Å². The molecule has 2 aliphatic rings. The number of amides is 1. The molecule has 5 nitrogen and oxygen atoms in total. The number of piperidine rings is 1. The van der Waals surface area contributed by atoms with Crippen LogP contribution in [-0.4, -0.2) is 47.1 Å². The Kier molecular flexibility index (Phi) is 6.39. The van der Waals surface area contributed by atoms with Gasteiger partial charge in [-0.15, -0.1) is 0 Å². The molecule has 0 bridgehead atoms. The predicted molar refractivity (Wildman–Crippen MR) is 109 cm³/mol. The van der Waals surface area contributed by atoms with Gasteiger partial charge in [0.2, 0.25) is 5.91 Å². The summed E-state index contributed by atoms with van der Waals surface area (Å²) in [5.74, 6) is -1.78. The van der Waals surface area contributed by atoms with Gasteiger partial charge in [-0.1, -0.05) is 12.1 Å². The molecule has 2 fully saturated rings. The highest BCUT2D eigenvalue weighted by Gasteiger charge is 2.42. The number of carbonyl (C=O) groups excluding carboxylic acids is 1. The maximum absolute atomic E-state index is 13.7. The van der Waals surface area contributed by atoms with Crippen molar-refractivity contribution in [1.82, 2.24) is 15.2 Å². The fourth-order valence-electron chi connectivity index (χ4n) is 4.43. The number of nitrogens with zero attached hydrogens (tertiary/aromatic N) is 2. The van der Waals surface area contributed by atoms with Crippen molar-refractivity contribution >= 4 is 5.91 Å². The van der Waals surface area contributed by atoms with E-state index in [9.17, 15) is 13.6 Å². The molecule has 2 aromatic rings. The number of benzene rings is 1. The molecule has 7 heteroatoms. The van der Waals surface area contributed by atoms with E-state index in [0.29, 0.717) is 6.54 Å². The van der Waals surface area contributed by atoms with Crippen LogP contribution in [0, 0.1) is 11.6 Å². The SMILES string of the molecule is O=C(Cc1c(F)cccc1F)NCC1CCC2(CCN(Cc3cccnc3)CC2)O1. The van der Waals surface area contributed by atoms with E-state index in [1.165, 1.54) is 11.6 Å². The van der Waals surface area contributed by atoms with Crippen LogP contribution in [0.3, 0.4) is 0 Å². The van der Waals surface area contributed by atoms with Crippen molar-refractivity contribution in [3.05, 3.63) is 65.5 Å². The van der Waals surface area contributed by atoms with Crippen LogP contribution in [0.4, 0.5) is 8.78 Å². The van der Waals surface area contributed by atoms with E-state index in [1.54, 1.807) is 6.20 Å². The highest BCUT2D eigenvalue weighted by atomic mass is 19.1. The molecule has 160 valence electrons. The molecule has 1 N–H and O–H groups in total. The zero-order chi connectivity index (χ0) is 21.0. The Labute approximate surface area is 175 Å². The third-order valence-electron chi connectivity index (χ3n) is 6.16. The molecule has 1 spiro atoms. The first-order chi connectivity index (χ1) is 14.5. The summed E-state index contributed by atoms with van der Waals surface area (Å²) in [6, 6.07) is 7.67. The van der Waals surface area contributed by atoms with E-state index >= 15 is 0 Å². The summed E-state index contributed by atoms with van der Waals surface area (Å²) in [5.41, 5.74) is 0.908. The predicted octanol–water partition coefficient (Wildman–Crippen LogP) is 3.23. The number of rotatable bonds is 6. The topological polar surface area (TPSA) is 54.5 Å². The summed E-state index contributed by atoms with van der Waals surface area (Å²) >= 11 is 0. The molecule has 1 atom stereocenters. The van der Waals surface area contributed by atoms with Crippen LogP contribution in [0.1, 0.15) is 36.8 Å². The number of aromatic nitrogens is 1. The molecule has 4 rings (SSSR count). The summed E-state index contributed by atoms with van der Waals surface area (Å²) in [6.07, 6.45) is 7.14. The lowest BCUT2D eigenvalue weighted by Gasteiger charge is -2.39. The smallest absolute Gasteiger partial charge is 0.224 e. The van der Waals surface area contributed by atoms with Gasteiger partial charge in [0.05, 0.1) is 18.1 Å². The molecule has 0 saturated carbocycles. The van der Waals surface area contributed by atoms with Crippen LogP contribution in [0.25, 0.3) is 0 Å². The van der Waals surface area contributed by atoms with Gasteiger partial charge in [-0.2, -0.15) is 0 Å². The number of pyridine rings is 1. The minimum absolute atomic E-state index is 0.0516. The highest BCUT2D eigenvalue weighted by molar-refractivity contribution is 5.78. The van der Waals surface area contributed by atoms with E-state index in [0.717, 1.165) is 57.5 Å². The molecule has 2 saturated heterocycles. The fraction of sp³-hybridized carbons (Fsp3) is 0.478. The largest absolute Gasteiger partial charge is 0.370 e. The number of carbonyl (C=O) groups is 1. The molecular formula is C23H27F2N3O2. The first-order valence-electron chi connectivity index (χ1n) is 10.5. The molecule has 2 aliphatic heterocycles. The summed E-state index contributed by atoms with van der Waals surface area (Å²) < 4.78 is 33.8. The Morgan fingerprint density at radius 1 is 1.17 bits per heavy atom. The second-order valence-electron chi connectivity index (χ2n) is 8.28. The Morgan fingerprint density at radius 2 is 1.93 bits per heavy atom. The van der Waals surface area contributed by atoms with Crippen LogP contribution >= 0.6 is 0 Å². The van der Waals surface area contributed by atoms with Gasteiger partial charge in [0, 0.05) is 44.1 Å². The van der Waals surface area contributed by atoms with Crippen molar-refractivity contribution in [2.75, 3.05) is 19.6 Å². The quantitative estimate of drug-likeness (QED) is 0.787. The van der Waals surface area contributed by atoms with Gasteiger partial charge < -0.3 is 10.1 Å². The van der Waals surface area contributed by atoms with Crippen molar-refractivity contribution in [1.29, 1.82) is 0 Å². The van der Waals surface area contributed by atoms with Gasteiger partial charge in [0.1, 0.15) is 11.6 Å². The van der Waals surface area contributed by atoms with E-state index in [4.69, 9.17) is 4.74 Å². The van der Waals surface area contributed by atoms with Crippen LogP contribution in [0.5, 0.6) is 0 Å². The lowest BCUT2D eigenvalue weighted by atomic mass is 9.88. The molecule has 3 heterocycles. The monoisotopic (exact) mass is 415 g/mol. The van der Waals surface area contributed by atoms with Crippen molar-refractivity contribution in [3.63, 3.8) is 0 Å². The van der Waals surface area contributed by atoms with Crippen LogP contribution < -0.4 is 5.32 Å². The number of hydrogen-bond donors (Lipinski definition) is 1. The third-order valence-corrected chi connectivity index (χ3v) is 6.16. The van der Waals surface area contributed by atoms with E-state index in [1.807, 2.05) is 12.3 Å². The second kappa shape index (κ2) is 9.18. The Balaban J connectivity index is 1.22. The van der Waals surface area contributed by atoms with Gasteiger partial charge in [-0.05, 0) is 49.4 Å². The number of ether oxygens (including phenoxy) is 1. The van der Waals surface area contributed by atoms with Crippen molar-refractivity contribution < 1.29 is 18.3 Å². The van der Waals surface area contributed by atoms with Gasteiger partial charge >= 0.3 is 0 Å². The number of hydrogen-bond acceptors (Lipinski definition) is 4. The van der Waals surface area contributed by atoms with Crippen LogP contribution in [-0.2, 0) is 22.5 Å². The van der Waals surface area contributed by atoms with E-state index in [2.05, 4.69) is 21.3 Å². The van der Waals surface area contributed by atoms with Crippen molar-refractivity contribution in [2.24, 2.45) is 0 Å². The summed E-state index contributed by atoms with van der Waals surface area (Å²) in [5, 5.41) is 2.78. The van der Waals surface area contributed by atoms with Crippen molar-refractivity contribution in [2.45, 2.75) is 50.4 Å². The normalized spacial score (nSPS) is 21.1. The first-order valence-corrected chi connectivity index (χ1v) is 10.5. The van der Waals surface area contributed by atoms with Crippen LogP contribution in [0.15, 0.2) is 42.7 Å². The number of likely N-dealkylation sites (tertiary alicyclic amines) is 1. The fourth-order valence-corrected chi connectivity index (χ4v) is 4.43. The Morgan fingerprint density at radius 3 is 2.63 bits per heavy atom. The minimum Gasteiger partial charge on any atom is -0.370 e. The average molecular weight is 415 g/mol. The van der Waals surface area contributed by atoms with Gasteiger partial charge in [0.25, 0.3) is 0 Å². The Hall–Kier alpha value is -2.38. The van der Waals surface area contributed by atoms with Gasteiger partial charge in [-0.25, -0.2) is 8.78 Å². The Bertz CT molecular complexity index is 850. The standard InChI is InChI=1S/C23H27F2N3O2/c24-20-4-1-5-21(25)19(20)13-22(29)27-15-18-6-7-23(30-18)8-11-28(12-9-23)16-17-3-2-10-26-14-17/h1-5,10,14,18H,6-9,11-13,15-16H2,(H,27,29). The van der Waals surface area contributed by atoms with Crippen LogP contribution in [0.2, 0.25) is 0 Å². The van der Waals surface area contributed by atoms with Gasteiger partial charge in [-0.3, -0.25) is 14.7 Å². The molecule has 1 aromatic heterocycles. The maximum atomic E-state index is 13.7. The minimum atomic E-state index is -0.695. The third kappa shape index (κ3) is 5.02. The number of halogens is 2. The molecular weight excluding hydrogens is 388 g/mol. The van der Waals surface area contributed by atoms with E-state index in [-0.39, 0.29) is 23.7 Å². The highest BCUT2D eigenvalue weighted by Crippen LogP contribution is 2.39. The average Bonchev–Trinajstić information content (AvgIpc) is 3.15. The zero-order valence-corrected chi connectivity index (χ0v) is 16.9. The molecule has 1 unspecified atom stereocenters. The lowest BCUT2D eigenvalue weighted by molar-refractivity contribution is -0.122. The zero-order valence-electron chi connectivity index (χ0n) is 16.9. The summed E-state index contributed by atoms with van der Waals surface area (Å²) in [7, 11) is 0. The lowest BCUT2D eigenvalue weighted by Crippen LogP contribution is -2.45. The molecule has 30 heavy (non-hydrogen) atoms. The molecule has 0 radical (unpaired) electrons. The second-order valence-corrected chi connectivity index (χ2v) is 8.28. The molecule has 0 aliphatic carbocycles. The molecule has 1 aromatic carbocycles. The van der Waals surface area contributed by atoms with Crippen molar-refractivity contribution in [3.8, 4) is 0 Å². The summed E-state index contributed by atoms with van der Waals surface area (Å²) in [4.78, 5) is 18.7. The molecule has 1 amide bonds.